The van der Waals surface area contributed by atoms with E-state index in [9.17, 15) is 34.2 Å². The molecule has 1 aliphatic heterocycles. The van der Waals surface area contributed by atoms with Gasteiger partial charge < -0.3 is 46.4 Å². The number of H-pyrrole nitrogens is 1. The van der Waals surface area contributed by atoms with Crippen molar-refractivity contribution in [2.45, 2.75) is 24.9 Å². The first-order valence-electron chi connectivity index (χ1n) is 10.1. The molecule has 2 atom stereocenters. The Balaban J connectivity index is 1.65. The van der Waals surface area contributed by atoms with Crippen molar-refractivity contribution < 1.29 is 29.4 Å². The van der Waals surface area contributed by atoms with Crippen LogP contribution in [0.1, 0.15) is 23.2 Å². The summed E-state index contributed by atoms with van der Waals surface area (Å²) in [6.07, 6.45) is -0.357. The summed E-state index contributed by atoms with van der Waals surface area (Å²) < 4.78 is 0. The number of nitrogens with zero attached hydrogens (tertiary/aromatic N) is 2. The van der Waals surface area contributed by atoms with Crippen LogP contribution in [0.3, 0.4) is 0 Å². The number of anilines is 4. The van der Waals surface area contributed by atoms with Gasteiger partial charge in [0.2, 0.25) is 12.4 Å². The van der Waals surface area contributed by atoms with Crippen LogP contribution < -0.4 is 42.4 Å². The van der Waals surface area contributed by atoms with E-state index >= 15 is 0 Å². The number of fused-ring (bicyclic) bond motifs is 1. The number of hydrogen-bond donors (Lipinski definition) is 5. The zero-order valence-electron chi connectivity index (χ0n) is 17.7. The fraction of sp³-hybridized carbons (Fsp3) is 0.300. The Morgan fingerprint density at radius 2 is 1.97 bits per heavy atom. The van der Waals surface area contributed by atoms with Crippen molar-refractivity contribution >= 4 is 47.4 Å². The second kappa shape index (κ2) is 10.3. The number of benzene rings is 1. The first kappa shape index (κ1) is 24.0. The zero-order valence-corrected chi connectivity index (χ0v) is 17.7. The van der Waals surface area contributed by atoms with Gasteiger partial charge in [0.25, 0.3) is 11.5 Å². The van der Waals surface area contributed by atoms with Gasteiger partial charge in [-0.1, -0.05) is 0 Å². The molecule has 14 nitrogen and oxygen atoms in total. The quantitative estimate of drug-likeness (QED) is 0.215. The topological polar surface area (TPSA) is 225 Å². The first-order chi connectivity index (χ1) is 16.2. The lowest BCUT2D eigenvalue weighted by atomic mass is 10.1. The highest BCUT2D eigenvalue weighted by atomic mass is 16.4. The minimum Gasteiger partial charge on any atom is -0.550 e. The Labute approximate surface area is 192 Å². The number of amides is 2. The van der Waals surface area contributed by atoms with E-state index in [1.54, 1.807) is 0 Å². The molecule has 2 heterocycles. The Morgan fingerprint density at radius 1 is 1.26 bits per heavy atom. The monoisotopic (exact) mass is 471 g/mol. The van der Waals surface area contributed by atoms with Crippen molar-refractivity contribution in [1.29, 1.82) is 0 Å². The number of carboxylic acids is 2. The van der Waals surface area contributed by atoms with E-state index in [0.717, 1.165) is 0 Å². The number of aromatic amines is 1. The highest BCUT2D eigenvalue weighted by Gasteiger charge is 2.24. The van der Waals surface area contributed by atoms with E-state index in [1.807, 2.05) is 0 Å². The molecule has 3 rings (SSSR count). The number of carbonyl (C=O) groups is 4. The van der Waals surface area contributed by atoms with Crippen LogP contribution in [0.5, 0.6) is 0 Å². The molecular weight excluding hydrogens is 450 g/mol. The standard InChI is InChI=1S/C20H23N7O7/c21-20-25-16-15(18(32)26-20)23-11(7-22-16)8-27(9-28)12-3-1-10(2-4-12)17(31)24-13(19(33)34)5-6-14(29)30/h1-4,9,11,13,23H,5-8H2,(H,24,31)(H,29,30)(H,33,34)(H4,21,22,25,26,32)/p-2/t11?,13-/m0/s1. The first-order valence-corrected chi connectivity index (χ1v) is 10.1. The van der Waals surface area contributed by atoms with Gasteiger partial charge in [-0.25, -0.2) is 0 Å². The van der Waals surface area contributed by atoms with Crippen molar-refractivity contribution in [1.82, 2.24) is 15.3 Å². The minimum absolute atomic E-state index is 0.0278. The van der Waals surface area contributed by atoms with E-state index in [1.165, 1.54) is 29.2 Å². The van der Waals surface area contributed by atoms with Crippen molar-refractivity contribution in [3.63, 3.8) is 0 Å². The molecule has 0 radical (unpaired) electrons. The summed E-state index contributed by atoms with van der Waals surface area (Å²) >= 11 is 0. The van der Waals surface area contributed by atoms with Gasteiger partial charge in [-0.3, -0.25) is 19.4 Å². The molecule has 2 amide bonds. The number of aliphatic carboxylic acids is 2. The normalized spacial score (nSPS) is 15.1. The predicted octanol–water partition coefficient (Wildman–Crippen LogP) is -3.40. The van der Waals surface area contributed by atoms with Gasteiger partial charge in [-0.15, -0.1) is 0 Å². The van der Waals surface area contributed by atoms with Crippen LogP contribution in [-0.4, -0.2) is 59.4 Å². The number of rotatable bonds is 10. The van der Waals surface area contributed by atoms with Crippen LogP contribution in [0.4, 0.5) is 23.1 Å². The maximum Gasteiger partial charge on any atom is 0.277 e. The number of carboxylic acid groups (broad SMARTS) is 2. The lowest BCUT2D eigenvalue weighted by Gasteiger charge is -2.30. The Bertz CT molecular complexity index is 1150. The molecule has 6 N–H and O–H groups in total. The lowest BCUT2D eigenvalue weighted by molar-refractivity contribution is -0.309. The highest BCUT2D eigenvalue weighted by molar-refractivity contribution is 5.97. The molecule has 14 heteroatoms. The van der Waals surface area contributed by atoms with Crippen LogP contribution >= 0.6 is 0 Å². The molecule has 0 saturated carbocycles. The van der Waals surface area contributed by atoms with Gasteiger partial charge in [0.1, 0.15) is 5.69 Å². The van der Waals surface area contributed by atoms with E-state index in [2.05, 4.69) is 25.9 Å². The van der Waals surface area contributed by atoms with Crippen LogP contribution in [0.2, 0.25) is 0 Å². The molecule has 1 aromatic heterocycles. The maximum atomic E-state index is 12.3. The molecule has 0 aliphatic carbocycles. The Hall–Kier alpha value is -4.62. The molecule has 0 spiro atoms. The van der Waals surface area contributed by atoms with Crippen LogP contribution in [0.25, 0.3) is 0 Å². The SMILES string of the molecule is Nc1nc2c(c(=O)[nH]1)NC(CN(C=O)c1ccc(C(=O)N[C@@H](CCC(=O)[O-])C(=O)[O-])cc1)CN2. The van der Waals surface area contributed by atoms with Gasteiger partial charge in [0, 0.05) is 30.3 Å². The summed E-state index contributed by atoms with van der Waals surface area (Å²) in [5.41, 5.74) is 5.80. The largest absolute Gasteiger partial charge is 0.550 e. The third kappa shape index (κ3) is 5.79. The summed E-state index contributed by atoms with van der Waals surface area (Å²) in [7, 11) is 0. The molecule has 1 aromatic carbocycles. The summed E-state index contributed by atoms with van der Waals surface area (Å²) in [5, 5.41) is 29.9. The van der Waals surface area contributed by atoms with E-state index < -0.39 is 35.9 Å². The summed E-state index contributed by atoms with van der Waals surface area (Å²) in [4.78, 5) is 65.5. The van der Waals surface area contributed by atoms with Crippen LogP contribution in [0.15, 0.2) is 29.1 Å². The summed E-state index contributed by atoms with van der Waals surface area (Å²) in [6, 6.07) is 3.88. The summed E-state index contributed by atoms with van der Waals surface area (Å²) in [6.45, 7) is 0.519. The molecule has 0 fully saturated rings. The van der Waals surface area contributed by atoms with Gasteiger partial charge >= 0.3 is 0 Å². The maximum absolute atomic E-state index is 12.3. The Kier molecular flexibility index (Phi) is 7.30. The number of nitrogens with one attached hydrogen (secondary N) is 4. The van der Waals surface area contributed by atoms with E-state index in [-0.39, 0.29) is 36.2 Å². The molecule has 1 unspecified atom stereocenters. The molecule has 2 aromatic rings. The average molecular weight is 471 g/mol. The van der Waals surface area contributed by atoms with E-state index in [4.69, 9.17) is 5.73 Å². The Morgan fingerprint density at radius 3 is 2.59 bits per heavy atom. The second-order valence-corrected chi connectivity index (χ2v) is 7.46. The fourth-order valence-corrected chi connectivity index (χ4v) is 3.34. The van der Waals surface area contributed by atoms with Crippen molar-refractivity contribution in [2.24, 2.45) is 0 Å². The number of carbonyl (C=O) groups excluding carboxylic acids is 4. The van der Waals surface area contributed by atoms with Crippen LogP contribution in [-0.2, 0) is 14.4 Å². The van der Waals surface area contributed by atoms with Crippen molar-refractivity contribution in [3.8, 4) is 0 Å². The molecular formula is C20H21N7O7-2. The highest BCUT2D eigenvalue weighted by Crippen LogP contribution is 2.21. The minimum atomic E-state index is -1.62. The molecule has 180 valence electrons. The lowest BCUT2D eigenvalue weighted by Crippen LogP contribution is -2.48. The smallest absolute Gasteiger partial charge is 0.277 e. The van der Waals surface area contributed by atoms with Gasteiger partial charge in [0.05, 0.1) is 18.1 Å². The third-order valence-electron chi connectivity index (χ3n) is 5.03. The number of aromatic nitrogens is 2. The van der Waals surface area contributed by atoms with E-state index in [0.29, 0.717) is 24.5 Å². The molecule has 0 bridgehead atoms. The number of nitrogen functional groups attached to an aromatic ring is 1. The number of hydrogen-bond acceptors (Lipinski definition) is 11. The fourth-order valence-electron chi connectivity index (χ4n) is 3.34. The third-order valence-corrected chi connectivity index (χ3v) is 5.03. The van der Waals surface area contributed by atoms with Gasteiger partial charge in [-0.2, -0.15) is 4.98 Å². The molecule has 34 heavy (non-hydrogen) atoms. The average Bonchev–Trinajstić information content (AvgIpc) is 2.80. The summed E-state index contributed by atoms with van der Waals surface area (Å²) in [5.74, 6) is -3.54. The second-order valence-electron chi connectivity index (χ2n) is 7.46. The van der Waals surface area contributed by atoms with Gasteiger partial charge in [0.15, 0.2) is 5.82 Å². The van der Waals surface area contributed by atoms with Crippen molar-refractivity contribution in [3.05, 3.63) is 40.2 Å². The molecule has 0 saturated heterocycles. The zero-order chi connectivity index (χ0) is 24.8. The van der Waals surface area contributed by atoms with Crippen LogP contribution in [0, 0.1) is 0 Å². The van der Waals surface area contributed by atoms with Crippen molar-refractivity contribution in [2.75, 3.05) is 34.4 Å². The number of nitrogens with two attached hydrogens (primary N) is 1. The van der Waals surface area contributed by atoms with Gasteiger partial charge in [-0.05, 0) is 37.1 Å². The predicted molar refractivity (Wildman–Crippen MR) is 116 cm³/mol. The molecule has 1 aliphatic rings.